The molecule has 1 aromatic heterocycles. The third-order valence-electron chi connectivity index (χ3n) is 5.02. The number of rotatable bonds is 4. The van der Waals surface area contributed by atoms with Crippen LogP contribution in [0.5, 0.6) is 0 Å². The molecule has 1 amide bonds. The summed E-state index contributed by atoms with van der Waals surface area (Å²) in [6, 6.07) is 10.4. The molecule has 1 aliphatic carbocycles. The van der Waals surface area contributed by atoms with Gasteiger partial charge in [-0.05, 0) is 31.2 Å². The van der Waals surface area contributed by atoms with Gasteiger partial charge < -0.3 is 4.90 Å². The zero-order valence-electron chi connectivity index (χ0n) is 12.5. The minimum absolute atomic E-state index is 0.139. The van der Waals surface area contributed by atoms with Gasteiger partial charge in [-0.15, -0.1) is 0 Å². The Morgan fingerprint density at radius 1 is 1.32 bits per heavy atom. The van der Waals surface area contributed by atoms with Crippen molar-refractivity contribution in [3.05, 3.63) is 47.8 Å². The molecular weight excluding hydrogens is 276 g/mol. The fourth-order valence-corrected chi connectivity index (χ4v) is 3.53. The van der Waals surface area contributed by atoms with Crippen molar-refractivity contribution in [3.8, 4) is 0 Å². The molecule has 1 saturated carbocycles. The van der Waals surface area contributed by atoms with Crippen LogP contribution in [0.2, 0.25) is 0 Å². The highest BCUT2D eigenvalue weighted by Gasteiger charge is 2.52. The summed E-state index contributed by atoms with van der Waals surface area (Å²) in [5.74, 6) is 0.664. The second-order valence-corrected chi connectivity index (χ2v) is 6.57. The lowest BCUT2D eigenvalue weighted by atomic mass is 9.95. The van der Waals surface area contributed by atoms with E-state index in [9.17, 15) is 4.79 Å². The summed E-state index contributed by atoms with van der Waals surface area (Å²) in [5, 5.41) is 10.7. The number of H-pyrrole nitrogens is 1. The first-order valence-electron chi connectivity index (χ1n) is 7.96. The number of nitrogens with one attached hydrogen (secondary N) is 1. The van der Waals surface area contributed by atoms with Gasteiger partial charge in [-0.2, -0.15) is 15.4 Å². The van der Waals surface area contributed by atoms with Crippen LogP contribution < -0.4 is 0 Å². The predicted octanol–water partition coefficient (Wildman–Crippen LogP) is 2.14. The van der Waals surface area contributed by atoms with Gasteiger partial charge in [0.2, 0.25) is 5.91 Å². The second-order valence-electron chi connectivity index (χ2n) is 6.57. The molecular formula is C17H20N4O. The Balaban J connectivity index is 1.44. The van der Waals surface area contributed by atoms with E-state index in [0.29, 0.717) is 11.8 Å². The summed E-state index contributed by atoms with van der Waals surface area (Å²) in [6.45, 7) is 1.62. The second kappa shape index (κ2) is 5.23. The topological polar surface area (TPSA) is 61.9 Å². The van der Waals surface area contributed by atoms with Crippen LogP contribution >= 0.6 is 0 Å². The van der Waals surface area contributed by atoms with Crippen LogP contribution in [-0.4, -0.2) is 39.3 Å². The molecule has 2 heterocycles. The standard InChI is InChI=1S/C17H20N4O/c22-16(17(7-8-17)10-13-4-2-1-3-5-13)21-9-6-14(12-21)15-11-18-20-19-15/h1-5,11,14H,6-10,12H2,(H,18,19,20). The maximum absolute atomic E-state index is 12.9. The van der Waals surface area contributed by atoms with Crippen molar-refractivity contribution in [1.82, 2.24) is 20.3 Å². The van der Waals surface area contributed by atoms with Gasteiger partial charge in [0.25, 0.3) is 0 Å². The van der Waals surface area contributed by atoms with Gasteiger partial charge in [0.1, 0.15) is 0 Å². The van der Waals surface area contributed by atoms with E-state index in [4.69, 9.17) is 0 Å². The highest BCUT2D eigenvalue weighted by molar-refractivity contribution is 5.86. The van der Waals surface area contributed by atoms with E-state index in [1.165, 1.54) is 5.56 Å². The van der Waals surface area contributed by atoms with Crippen LogP contribution in [0, 0.1) is 5.41 Å². The van der Waals surface area contributed by atoms with E-state index in [-0.39, 0.29) is 5.41 Å². The van der Waals surface area contributed by atoms with E-state index in [1.54, 1.807) is 6.20 Å². The SMILES string of the molecule is O=C(N1CCC(c2cn[nH]n2)C1)C1(Cc2ccccc2)CC1. The van der Waals surface area contributed by atoms with Gasteiger partial charge in [0, 0.05) is 19.0 Å². The third kappa shape index (κ3) is 2.40. The minimum Gasteiger partial charge on any atom is -0.342 e. The van der Waals surface area contributed by atoms with Gasteiger partial charge in [-0.25, -0.2) is 0 Å². The fourth-order valence-electron chi connectivity index (χ4n) is 3.53. The Kier molecular flexibility index (Phi) is 3.21. The predicted molar refractivity (Wildman–Crippen MR) is 82.1 cm³/mol. The van der Waals surface area contributed by atoms with Crippen molar-refractivity contribution in [2.75, 3.05) is 13.1 Å². The molecule has 5 nitrogen and oxygen atoms in total. The summed E-state index contributed by atoms with van der Waals surface area (Å²) >= 11 is 0. The average molecular weight is 296 g/mol. The molecule has 1 saturated heterocycles. The Bertz CT molecular complexity index is 649. The van der Waals surface area contributed by atoms with E-state index < -0.39 is 0 Å². The monoisotopic (exact) mass is 296 g/mol. The Hall–Kier alpha value is -2.17. The molecule has 1 aromatic carbocycles. The number of aromatic nitrogens is 3. The van der Waals surface area contributed by atoms with Crippen molar-refractivity contribution < 1.29 is 4.79 Å². The van der Waals surface area contributed by atoms with Crippen molar-refractivity contribution in [2.24, 2.45) is 5.41 Å². The van der Waals surface area contributed by atoms with Crippen LogP contribution in [0.1, 0.15) is 36.4 Å². The Morgan fingerprint density at radius 2 is 2.14 bits per heavy atom. The first kappa shape index (κ1) is 13.5. The van der Waals surface area contributed by atoms with Crippen molar-refractivity contribution in [2.45, 2.75) is 31.6 Å². The Labute approximate surface area is 129 Å². The lowest BCUT2D eigenvalue weighted by molar-refractivity contribution is -0.135. The van der Waals surface area contributed by atoms with Gasteiger partial charge >= 0.3 is 0 Å². The highest BCUT2D eigenvalue weighted by Crippen LogP contribution is 2.50. The van der Waals surface area contributed by atoms with Crippen LogP contribution in [0.4, 0.5) is 0 Å². The molecule has 114 valence electrons. The van der Waals surface area contributed by atoms with Gasteiger partial charge in [-0.1, -0.05) is 30.3 Å². The maximum atomic E-state index is 12.9. The van der Waals surface area contributed by atoms with Gasteiger partial charge in [0.05, 0.1) is 17.3 Å². The molecule has 2 fully saturated rings. The summed E-state index contributed by atoms with van der Waals surface area (Å²) in [5.41, 5.74) is 2.10. The molecule has 1 unspecified atom stereocenters. The van der Waals surface area contributed by atoms with E-state index in [2.05, 4.69) is 27.5 Å². The smallest absolute Gasteiger partial charge is 0.229 e. The number of carbonyl (C=O) groups is 1. The van der Waals surface area contributed by atoms with Gasteiger partial charge in [-0.3, -0.25) is 4.79 Å². The largest absolute Gasteiger partial charge is 0.342 e. The van der Waals surface area contributed by atoms with E-state index in [0.717, 1.165) is 44.5 Å². The van der Waals surface area contributed by atoms with Crippen LogP contribution in [-0.2, 0) is 11.2 Å². The third-order valence-corrected chi connectivity index (χ3v) is 5.02. The van der Waals surface area contributed by atoms with Crippen molar-refractivity contribution >= 4 is 5.91 Å². The number of hydrogen-bond donors (Lipinski definition) is 1. The van der Waals surface area contributed by atoms with Crippen molar-refractivity contribution in [1.29, 1.82) is 0 Å². The molecule has 4 rings (SSSR count). The fraction of sp³-hybridized carbons (Fsp3) is 0.471. The lowest BCUT2D eigenvalue weighted by Crippen LogP contribution is -2.36. The molecule has 1 atom stereocenters. The quantitative estimate of drug-likeness (QED) is 0.940. The van der Waals surface area contributed by atoms with E-state index in [1.807, 2.05) is 23.1 Å². The molecule has 22 heavy (non-hydrogen) atoms. The molecule has 1 N–H and O–H groups in total. The van der Waals surface area contributed by atoms with Gasteiger partial charge in [0.15, 0.2) is 0 Å². The molecule has 2 aromatic rings. The van der Waals surface area contributed by atoms with Crippen molar-refractivity contribution in [3.63, 3.8) is 0 Å². The van der Waals surface area contributed by atoms with Crippen LogP contribution in [0.25, 0.3) is 0 Å². The van der Waals surface area contributed by atoms with Crippen LogP contribution in [0.3, 0.4) is 0 Å². The molecule has 5 heteroatoms. The average Bonchev–Trinajstić information content (AvgIpc) is 2.98. The number of likely N-dealkylation sites (tertiary alicyclic amines) is 1. The molecule has 1 aliphatic heterocycles. The first-order valence-corrected chi connectivity index (χ1v) is 7.96. The van der Waals surface area contributed by atoms with E-state index >= 15 is 0 Å². The molecule has 0 bridgehead atoms. The number of nitrogens with zero attached hydrogens (tertiary/aromatic N) is 3. The molecule has 0 spiro atoms. The first-order chi connectivity index (χ1) is 10.8. The minimum atomic E-state index is -0.139. The zero-order chi connectivity index (χ0) is 15.0. The summed E-state index contributed by atoms with van der Waals surface area (Å²) in [6.07, 6.45) is 5.67. The highest BCUT2D eigenvalue weighted by atomic mass is 16.2. The summed E-state index contributed by atoms with van der Waals surface area (Å²) in [7, 11) is 0. The maximum Gasteiger partial charge on any atom is 0.229 e. The molecule has 2 aliphatic rings. The number of amides is 1. The summed E-state index contributed by atoms with van der Waals surface area (Å²) in [4.78, 5) is 15.0. The normalized spacial score (nSPS) is 22.7. The summed E-state index contributed by atoms with van der Waals surface area (Å²) < 4.78 is 0. The Morgan fingerprint density at radius 3 is 2.82 bits per heavy atom. The van der Waals surface area contributed by atoms with Crippen LogP contribution in [0.15, 0.2) is 36.5 Å². The number of hydrogen-bond acceptors (Lipinski definition) is 3. The number of benzene rings is 1. The zero-order valence-corrected chi connectivity index (χ0v) is 12.5. The number of aromatic amines is 1. The molecule has 0 radical (unpaired) electrons. The lowest BCUT2D eigenvalue weighted by Gasteiger charge is -2.23. The number of carbonyl (C=O) groups excluding carboxylic acids is 1.